The molecule has 0 amide bonds. The number of hydrogen-bond donors (Lipinski definition) is 0. The summed E-state index contributed by atoms with van der Waals surface area (Å²) in [6, 6.07) is 6.09. The van der Waals surface area contributed by atoms with Gasteiger partial charge < -0.3 is 9.47 Å². The fraction of sp³-hybridized carbons (Fsp3) is 0.462. The third kappa shape index (κ3) is 5.30. The van der Waals surface area contributed by atoms with Crippen LogP contribution < -0.4 is 4.74 Å². The molecule has 0 saturated heterocycles. The van der Waals surface area contributed by atoms with E-state index in [1.54, 1.807) is 26.0 Å². The summed E-state index contributed by atoms with van der Waals surface area (Å²) in [5, 5.41) is 0. The van der Waals surface area contributed by atoms with Crippen LogP contribution in [-0.4, -0.2) is 33.9 Å². The van der Waals surface area contributed by atoms with Gasteiger partial charge in [0.25, 0.3) is 0 Å². The largest absolute Gasteiger partial charge is 0.490 e. The Morgan fingerprint density at radius 1 is 1.16 bits per heavy atom. The number of ether oxygens (including phenoxy) is 2. The molecule has 0 unspecified atom stereocenters. The Hall–Kier alpha value is -1.56. The summed E-state index contributed by atoms with van der Waals surface area (Å²) in [7, 11) is -3.19. The molecule has 0 heterocycles. The van der Waals surface area contributed by atoms with Gasteiger partial charge in [-0.05, 0) is 24.3 Å². The Morgan fingerprint density at radius 2 is 1.74 bits per heavy atom. The van der Waals surface area contributed by atoms with Crippen molar-refractivity contribution in [3.8, 4) is 5.75 Å². The first kappa shape index (κ1) is 15.5. The summed E-state index contributed by atoms with van der Waals surface area (Å²) in [6.45, 7) is 3.92. The van der Waals surface area contributed by atoms with Crippen molar-refractivity contribution in [1.82, 2.24) is 0 Å². The predicted molar refractivity (Wildman–Crippen MR) is 70.8 cm³/mol. The van der Waals surface area contributed by atoms with Crippen LogP contribution in [0.15, 0.2) is 29.2 Å². The van der Waals surface area contributed by atoms with Crippen LogP contribution in [0.25, 0.3) is 0 Å². The molecule has 106 valence electrons. The second kappa shape index (κ2) is 6.56. The van der Waals surface area contributed by atoms with E-state index in [4.69, 9.17) is 9.47 Å². The molecule has 19 heavy (non-hydrogen) atoms. The molecule has 5 nitrogen and oxygen atoms in total. The molecule has 6 heteroatoms. The third-order valence-electron chi connectivity index (χ3n) is 2.32. The molecule has 1 aromatic carbocycles. The molecule has 0 fully saturated rings. The quantitative estimate of drug-likeness (QED) is 0.587. The highest BCUT2D eigenvalue weighted by Crippen LogP contribution is 2.15. The van der Waals surface area contributed by atoms with Crippen LogP contribution >= 0.6 is 0 Å². The van der Waals surface area contributed by atoms with Gasteiger partial charge in [-0.1, -0.05) is 13.8 Å². The molecule has 0 aliphatic rings. The number of carbonyl (C=O) groups is 1. The second-order valence-corrected chi connectivity index (χ2v) is 6.43. The lowest BCUT2D eigenvalue weighted by Crippen LogP contribution is -2.16. The van der Waals surface area contributed by atoms with Crippen LogP contribution in [0.4, 0.5) is 0 Å². The van der Waals surface area contributed by atoms with E-state index in [9.17, 15) is 13.2 Å². The summed E-state index contributed by atoms with van der Waals surface area (Å²) in [4.78, 5) is 11.4. The van der Waals surface area contributed by atoms with E-state index in [1.165, 1.54) is 12.1 Å². The molecular weight excluding hydrogens is 268 g/mol. The first-order valence-electron chi connectivity index (χ1n) is 5.90. The van der Waals surface area contributed by atoms with E-state index >= 15 is 0 Å². The molecule has 0 spiro atoms. The zero-order chi connectivity index (χ0) is 14.5. The van der Waals surface area contributed by atoms with Gasteiger partial charge in [0.15, 0.2) is 9.84 Å². The number of benzene rings is 1. The van der Waals surface area contributed by atoms with Crippen molar-refractivity contribution in [3.05, 3.63) is 24.3 Å². The number of carbonyl (C=O) groups excluding carboxylic acids is 1. The molecule has 0 atom stereocenters. The lowest BCUT2D eigenvalue weighted by molar-refractivity contribution is -0.148. The van der Waals surface area contributed by atoms with Gasteiger partial charge in [0.1, 0.15) is 19.0 Å². The maximum Gasteiger partial charge on any atom is 0.308 e. The fourth-order valence-corrected chi connectivity index (χ4v) is 1.88. The first-order valence-corrected chi connectivity index (χ1v) is 7.79. The minimum Gasteiger partial charge on any atom is -0.490 e. The number of rotatable bonds is 6. The summed E-state index contributed by atoms with van der Waals surface area (Å²) in [5.41, 5.74) is 0. The van der Waals surface area contributed by atoms with Crippen LogP contribution in [-0.2, 0) is 19.4 Å². The zero-order valence-electron chi connectivity index (χ0n) is 11.3. The van der Waals surface area contributed by atoms with E-state index in [1.807, 2.05) is 0 Å². The minimum atomic E-state index is -3.19. The second-order valence-electron chi connectivity index (χ2n) is 4.41. The van der Waals surface area contributed by atoms with Gasteiger partial charge in [0, 0.05) is 6.26 Å². The van der Waals surface area contributed by atoms with Crippen molar-refractivity contribution < 1.29 is 22.7 Å². The number of hydrogen-bond acceptors (Lipinski definition) is 5. The molecule has 1 rings (SSSR count). The number of esters is 1. The highest BCUT2D eigenvalue weighted by Gasteiger charge is 2.08. The predicted octanol–water partition coefficient (Wildman–Crippen LogP) is 1.67. The highest BCUT2D eigenvalue weighted by molar-refractivity contribution is 7.90. The van der Waals surface area contributed by atoms with Gasteiger partial charge in [-0.3, -0.25) is 4.79 Å². The summed E-state index contributed by atoms with van der Waals surface area (Å²) < 4.78 is 32.8. The summed E-state index contributed by atoms with van der Waals surface area (Å²) in [6.07, 6.45) is 1.15. The van der Waals surface area contributed by atoms with E-state index in [-0.39, 0.29) is 30.0 Å². The highest BCUT2D eigenvalue weighted by atomic mass is 32.2. The Balaban J connectivity index is 2.41. The smallest absolute Gasteiger partial charge is 0.308 e. The molecular formula is C13H18O5S. The Morgan fingerprint density at radius 3 is 2.21 bits per heavy atom. The maximum atomic E-state index is 11.2. The van der Waals surface area contributed by atoms with E-state index in [0.29, 0.717) is 5.75 Å². The fourth-order valence-electron chi connectivity index (χ4n) is 1.25. The summed E-state index contributed by atoms with van der Waals surface area (Å²) in [5.74, 6) is 0.109. The van der Waals surface area contributed by atoms with Gasteiger partial charge in [0.2, 0.25) is 0 Å². The third-order valence-corrected chi connectivity index (χ3v) is 3.45. The zero-order valence-corrected chi connectivity index (χ0v) is 12.1. The van der Waals surface area contributed by atoms with Crippen molar-refractivity contribution in [1.29, 1.82) is 0 Å². The van der Waals surface area contributed by atoms with Crippen molar-refractivity contribution >= 4 is 15.8 Å². The van der Waals surface area contributed by atoms with Crippen LogP contribution in [0.5, 0.6) is 5.75 Å². The molecule has 0 N–H and O–H groups in total. The number of sulfone groups is 1. The van der Waals surface area contributed by atoms with Gasteiger partial charge in [-0.25, -0.2) is 8.42 Å². The van der Waals surface area contributed by atoms with E-state index in [2.05, 4.69) is 0 Å². The van der Waals surface area contributed by atoms with Gasteiger partial charge in [-0.2, -0.15) is 0 Å². The Bertz CT molecular complexity index is 516. The van der Waals surface area contributed by atoms with Crippen molar-refractivity contribution in [2.75, 3.05) is 19.5 Å². The Kier molecular flexibility index (Phi) is 5.35. The van der Waals surface area contributed by atoms with E-state index < -0.39 is 9.84 Å². The standard InChI is InChI=1S/C13H18O5S/c1-10(2)13(14)18-9-8-17-11-4-6-12(7-5-11)19(3,15)16/h4-7,10H,8-9H2,1-3H3. The van der Waals surface area contributed by atoms with Gasteiger partial charge in [0.05, 0.1) is 10.8 Å². The van der Waals surface area contributed by atoms with Crippen molar-refractivity contribution in [2.24, 2.45) is 5.92 Å². The first-order chi connectivity index (χ1) is 8.80. The average molecular weight is 286 g/mol. The lowest BCUT2D eigenvalue weighted by atomic mass is 10.2. The molecule has 0 bridgehead atoms. The van der Waals surface area contributed by atoms with Crippen molar-refractivity contribution in [3.63, 3.8) is 0 Å². The normalized spacial score (nSPS) is 11.4. The van der Waals surface area contributed by atoms with E-state index in [0.717, 1.165) is 6.26 Å². The maximum absolute atomic E-state index is 11.2. The van der Waals surface area contributed by atoms with Crippen molar-refractivity contribution in [2.45, 2.75) is 18.7 Å². The Labute approximate surface area is 113 Å². The molecule has 0 aliphatic heterocycles. The molecule has 0 aliphatic carbocycles. The molecule has 0 radical (unpaired) electrons. The van der Waals surface area contributed by atoms with Crippen LogP contribution in [0.1, 0.15) is 13.8 Å². The average Bonchev–Trinajstić information content (AvgIpc) is 2.33. The van der Waals surface area contributed by atoms with Crippen LogP contribution in [0.3, 0.4) is 0 Å². The topological polar surface area (TPSA) is 69.7 Å². The monoisotopic (exact) mass is 286 g/mol. The SMILES string of the molecule is CC(C)C(=O)OCCOc1ccc(S(C)(=O)=O)cc1. The molecule has 0 aromatic heterocycles. The van der Waals surface area contributed by atoms with Gasteiger partial charge >= 0.3 is 5.97 Å². The minimum absolute atomic E-state index is 0.158. The van der Waals surface area contributed by atoms with Gasteiger partial charge in [-0.15, -0.1) is 0 Å². The molecule has 0 saturated carbocycles. The lowest BCUT2D eigenvalue weighted by Gasteiger charge is -2.09. The summed E-state index contributed by atoms with van der Waals surface area (Å²) >= 11 is 0. The van der Waals surface area contributed by atoms with Crippen LogP contribution in [0, 0.1) is 5.92 Å². The van der Waals surface area contributed by atoms with Crippen LogP contribution in [0.2, 0.25) is 0 Å². The molecule has 1 aromatic rings.